The highest BCUT2D eigenvalue weighted by molar-refractivity contribution is 5.91. The van der Waals surface area contributed by atoms with E-state index in [0.29, 0.717) is 0 Å². The maximum Gasteiger partial charge on any atom is 0.338 e. The van der Waals surface area contributed by atoms with Crippen molar-refractivity contribution in [2.45, 2.75) is 18.6 Å². The summed E-state index contributed by atoms with van der Waals surface area (Å²) in [5, 5.41) is 19.4. The summed E-state index contributed by atoms with van der Waals surface area (Å²) in [6.45, 7) is 0. The summed E-state index contributed by atoms with van der Waals surface area (Å²) < 4.78 is 4.54. The summed E-state index contributed by atoms with van der Waals surface area (Å²) in [6, 6.07) is 1.35. The van der Waals surface area contributed by atoms with E-state index in [0.717, 1.165) is 0 Å². The zero-order chi connectivity index (χ0) is 13.7. The first-order valence-corrected chi connectivity index (χ1v) is 5.14. The molecule has 0 bridgehead atoms. The van der Waals surface area contributed by atoms with E-state index in [1.165, 1.54) is 25.6 Å². The summed E-state index contributed by atoms with van der Waals surface area (Å²) >= 11 is 0. The van der Waals surface area contributed by atoms with Gasteiger partial charge in [0, 0.05) is 18.0 Å². The number of nitrogens with two attached hydrogens (primary N) is 1. The molecule has 1 amide bonds. The second-order valence-electron chi connectivity index (χ2n) is 3.64. The molecule has 0 spiro atoms. The number of amides is 1. The maximum absolute atomic E-state index is 11.4. The summed E-state index contributed by atoms with van der Waals surface area (Å²) in [6.07, 6.45) is -0.698. The van der Waals surface area contributed by atoms with E-state index in [1.54, 1.807) is 0 Å². The summed E-state index contributed by atoms with van der Waals surface area (Å²) in [5.74, 6) is -1.43. The van der Waals surface area contributed by atoms with Gasteiger partial charge in [-0.1, -0.05) is 0 Å². The Bertz CT molecular complexity index is 449. The third-order valence-electron chi connectivity index (χ3n) is 2.35. The van der Waals surface area contributed by atoms with E-state index in [1.807, 2.05) is 0 Å². The molecule has 1 heterocycles. The lowest BCUT2D eigenvalue weighted by Crippen LogP contribution is -2.27. The molecule has 2 atom stereocenters. The molecule has 1 rings (SSSR count). The molecule has 0 aliphatic carbocycles. The molecule has 7 nitrogen and oxygen atoms in total. The Morgan fingerprint density at radius 2 is 2.17 bits per heavy atom. The van der Waals surface area contributed by atoms with Crippen LogP contribution >= 0.6 is 0 Å². The standard InChI is InChI=1S/C11H14N2O5/c1-18-11(17)6-2-3-13-5-7(6)10(16)8(14)4-9(12)15/h2-3,5,8,10,14,16H,4H2,1H3,(H2,12,15). The van der Waals surface area contributed by atoms with Crippen LogP contribution in [0.15, 0.2) is 18.5 Å². The second-order valence-corrected chi connectivity index (χ2v) is 3.64. The summed E-state index contributed by atoms with van der Waals surface area (Å²) in [4.78, 5) is 25.9. The first kappa shape index (κ1) is 14.1. The van der Waals surface area contributed by atoms with Crippen molar-refractivity contribution in [3.05, 3.63) is 29.6 Å². The van der Waals surface area contributed by atoms with E-state index in [9.17, 15) is 19.8 Å². The largest absolute Gasteiger partial charge is 0.465 e. The first-order valence-electron chi connectivity index (χ1n) is 5.14. The number of carbonyl (C=O) groups excluding carboxylic acids is 2. The lowest BCUT2D eigenvalue weighted by atomic mass is 9.99. The van der Waals surface area contributed by atoms with Crippen LogP contribution in [0, 0.1) is 0 Å². The highest BCUT2D eigenvalue weighted by atomic mass is 16.5. The van der Waals surface area contributed by atoms with E-state index in [2.05, 4.69) is 9.72 Å². The van der Waals surface area contributed by atoms with Gasteiger partial charge in [-0.05, 0) is 6.07 Å². The first-order chi connectivity index (χ1) is 8.47. The number of aliphatic hydroxyl groups excluding tert-OH is 2. The Hall–Kier alpha value is -1.99. The van der Waals surface area contributed by atoms with Gasteiger partial charge in [0.15, 0.2) is 0 Å². The zero-order valence-electron chi connectivity index (χ0n) is 9.74. The Balaban J connectivity index is 3.01. The number of aliphatic hydroxyl groups is 2. The molecule has 0 radical (unpaired) electrons. The quantitative estimate of drug-likeness (QED) is 0.587. The Labute approximate surface area is 103 Å². The molecule has 0 saturated heterocycles. The molecule has 2 unspecified atom stereocenters. The van der Waals surface area contributed by atoms with Gasteiger partial charge in [-0.25, -0.2) is 4.79 Å². The van der Waals surface area contributed by atoms with Crippen LogP contribution in [0.25, 0.3) is 0 Å². The van der Waals surface area contributed by atoms with Crippen molar-refractivity contribution in [3.8, 4) is 0 Å². The van der Waals surface area contributed by atoms with Gasteiger partial charge in [0.1, 0.15) is 6.10 Å². The lowest BCUT2D eigenvalue weighted by Gasteiger charge is -2.18. The third-order valence-corrected chi connectivity index (χ3v) is 2.35. The number of pyridine rings is 1. The van der Waals surface area contributed by atoms with E-state index in [4.69, 9.17) is 5.73 Å². The monoisotopic (exact) mass is 254 g/mol. The van der Waals surface area contributed by atoms with Crippen molar-refractivity contribution in [1.82, 2.24) is 4.98 Å². The van der Waals surface area contributed by atoms with Crippen LogP contribution in [-0.4, -0.2) is 40.3 Å². The van der Waals surface area contributed by atoms with Gasteiger partial charge < -0.3 is 20.7 Å². The molecule has 0 aromatic carbocycles. The number of methoxy groups -OCH3 is 1. The van der Waals surface area contributed by atoms with Gasteiger partial charge in [-0.3, -0.25) is 9.78 Å². The van der Waals surface area contributed by atoms with E-state index >= 15 is 0 Å². The van der Waals surface area contributed by atoms with Gasteiger partial charge in [-0.15, -0.1) is 0 Å². The average molecular weight is 254 g/mol. The minimum Gasteiger partial charge on any atom is -0.465 e. The van der Waals surface area contributed by atoms with Crippen LogP contribution in [0.5, 0.6) is 0 Å². The minimum absolute atomic E-state index is 0.0727. The molecule has 1 aromatic rings. The summed E-state index contributed by atoms with van der Waals surface area (Å²) in [5.41, 5.74) is 5.07. The molecule has 0 saturated carbocycles. The van der Waals surface area contributed by atoms with Crippen LogP contribution in [0.3, 0.4) is 0 Å². The summed E-state index contributed by atoms with van der Waals surface area (Å²) in [7, 11) is 1.19. The van der Waals surface area contributed by atoms with Crippen molar-refractivity contribution < 1.29 is 24.5 Å². The highest BCUT2D eigenvalue weighted by Gasteiger charge is 2.25. The fraction of sp³-hybridized carbons (Fsp3) is 0.364. The number of ether oxygens (including phenoxy) is 1. The molecule has 7 heteroatoms. The van der Waals surface area contributed by atoms with Crippen LogP contribution in [0.1, 0.15) is 28.4 Å². The minimum atomic E-state index is -1.44. The molecule has 0 aliphatic heterocycles. The lowest BCUT2D eigenvalue weighted by molar-refractivity contribution is -0.121. The Morgan fingerprint density at radius 3 is 2.72 bits per heavy atom. The van der Waals surface area contributed by atoms with Crippen molar-refractivity contribution in [1.29, 1.82) is 0 Å². The van der Waals surface area contributed by atoms with E-state index < -0.39 is 30.5 Å². The highest BCUT2D eigenvalue weighted by Crippen LogP contribution is 2.22. The van der Waals surface area contributed by atoms with Gasteiger partial charge in [-0.2, -0.15) is 0 Å². The number of hydrogen-bond donors (Lipinski definition) is 3. The number of carbonyl (C=O) groups is 2. The van der Waals surface area contributed by atoms with Crippen LogP contribution in [-0.2, 0) is 9.53 Å². The topological polar surface area (TPSA) is 123 Å². The van der Waals surface area contributed by atoms with Gasteiger partial charge >= 0.3 is 5.97 Å². The van der Waals surface area contributed by atoms with Crippen molar-refractivity contribution in [2.24, 2.45) is 5.73 Å². The molecule has 1 aromatic heterocycles. The zero-order valence-corrected chi connectivity index (χ0v) is 9.74. The smallest absolute Gasteiger partial charge is 0.338 e. The van der Waals surface area contributed by atoms with Gasteiger partial charge in [0.05, 0.1) is 25.2 Å². The Morgan fingerprint density at radius 1 is 1.50 bits per heavy atom. The van der Waals surface area contributed by atoms with Gasteiger partial charge in [0.25, 0.3) is 0 Å². The maximum atomic E-state index is 11.4. The molecular formula is C11H14N2O5. The fourth-order valence-corrected chi connectivity index (χ4v) is 1.46. The fourth-order valence-electron chi connectivity index (χ4n) is 1.46. The van der Waals surface area contributed by atoms with Crippen molar-refractivity contribution >= 4 is 11.9 Å². The van der Waals surface area contributed by atoms with Gasteiger partial charge in [0.2, 0.25) is 5.91 Å². The molecule has 4 N–H and O–H groups in total. The third kappa shape index (κ3) is 3.25. The molecule has 98 valence electrons. The number of hydrogen-bond acceptors (Lipinski definition) is 6. The van der Waals surface area contributed by atoms with Crippen molar-refractivity contribution in [3.63, 3.8) is 0 Å². The van der Waals surface area contributed by atoms with Crippen LogP contribution in [0.4, 0.5) is 0 Å². The second kappa shape index (κ2) is 6.08. The Kier molecular flexibility index (Phi) is 4.75. The predicted octanol–water partition coefficient (Wildman–Crippen LogP) is -0.862. The normalized spacial score (nSPS) is 13.7. The average Bonchev–Trinajstić information content (AvgIpc) is 2.36. The number of rotatable bonds is 5. The number of esters is 1. The van der Waals surface area contributed by atoms with Crippen LogP contribution < -0.4 is 5.73 Å². The number of nitrogens with zero attached hydrogens (tertiary/aromatic N) is 1. The molecular weight excluding hydrogens is 240 g/mol. The SMILES string of the molecule is COC(=O)c1ccncc1C(O)C(O)CC(N)=O. The van der Waals surface area contributed by atoms with E-state index in [-0.39, 0.29) is 11.1 Å². The number of primary amides is 1. The molecule has 0 aliphatic rings. The molecule has 0 fully saturated rings. The molecule has 18 heavy (non-hydrogen) atoms. The number of aromatic nitrogens is 1. The van der Waals surface area contributed by atoms with Crippen molar-refractivity contribution in [2.75, 3.05) is 7.11 Å². The predicted molar refractivity (Wildman–Crippen MR) is 60.4 cm³/mol. The van der Waals surface area contributed by atoms with Crippen LogP contribution in [0.2, 0.25) is 0 Å².